The lowest BCUT2D eigenvalue weighted by Crippen LogP contribution is -2.12. The molecule has 3 heteroatoms. The molecule has 1 fully saturated rings. The third-order valence-electron chi connectivity index (χ3n) is 3.00. The van der Waals surface area contributed by atoms with E-state index in [1.54, 1.807) is 7.11 Å². The maximum Gasteiger partial charge on any atom is 0.161 e. The Hall–Kier alpha value is -1.22. The second-order valence-corrected chi connectivity index (χ2v) is 4.21. The van der Waals surface area contributed by atoms with E-state index in [-0.39, 0.29) is 6.04 Å². The molecule has 1 aromatic carbocycles. The normalized spacial score (nSPS) is 16.9. The molecule has 0 aliphatic heterocycles. The Kier molecular flexibility index (Phi) is 3.34. The molecule has 88 valence electrons. The largest absolute Gasteiger partial charge is 0.493 e. The van der Waals surface area contributed by atoms with Crippen LogP contribution in [0, 0.1) is 5.92 Å². The van der Waals surface area contributed by atoms with Crippen LogP contribution in [0.3, 0.4) is 0 Å². The van der Waals surface area contributed by atoms with Crippen molar-refractivity contribution < 1.29 is 9.47 Å². The summed E-state index contributed by atoms with van der Waals surface area (Å²) in [6.45, 7) is 2.60. The van der Waals surface area contributed by atoms with Crippen LogP contribution in [0.25, 0.3) is 0 Å². The first-order valence-electron chi connectivity index (χ1n) is 5.82. The maximum atomic E-state index is 6.15. The monoisotopic (exact) mass is 221 g/mol. The summed E-state index contributed by atoms with van der Waals surface area (Å²) in [6, 6.07) is 6.12. The molecular formula is C13H19NO2. The van der Waals surface area contributed by atoms with Gasteiger partial charge in [-0.05, 0) is 43.4 Å². The minimum absolute atomic E-state index is 0.143. The number of hydrogen-bond acceptors (Lipinski definition) is 3. The molecule has 0 spiro atoms. The van der Waals surface area contributed by atoms with Crippen LogP contribution in [-0.4, -0.2) is 13.7 Å². The number of rotatable bonds is 5. The van der Waals surface area contributed by atoms with E-state index in [4.69, 9.17) is 15.2 Å². The third kappa shape index (κ3) is 2.30. The van der Waals surface area contributed by atoms with E-state index in [0.29, 0.717) is 12.5 Å². The van der Waals surface area contributed by atoms with Crippen LogP contribution in [0.4, 0.5) is 0 Å². The van der Waals surface area contributed by atoms with E-state index in [9.17, 15) is 0 Å². The minimum atomic E-state index is 0.143. The lowest BCUT2D eigenvalue weighted by Gasteiger charge is -2.14. The highest BCUT2D eigenvalue weighted by molar-refractivity contribution is 5.44. The van der Waals surface area contributed by atoms with Gasteiger partial charge in [0.15, 0.2) is 11.5 Å². The summed E-state index contributed by atoms with van der Waals surface area (Å²) in [5.41, 5.74) is 7.29. The molecular weight excluding hydrogens is 202 g/mol. The smallest absolute Gasteiger partial charge is 0.161 e. The standard InChI is InChI=1S/C13H19NO2/c1-3-16-11-7-6-10(8-12(11)15-2)13(14)9-4-5-9/h6-9,13H,3-5,14H2,1-2H3/t13-/m0/s1. The average molecular weight is 221 g/mol. The first-order chi connectivity index (χ1) is 7.76. The van der Waals surface area contributed by atoms with Gasteiger partial charge in [-0.15, -0.1) is 0 Å². The van der Waals surface area contributed by atoms with Gasteiger partial charge < -0.3 is 15.2 Å². The molecule has 0 aromatic heterocycles. The fourth-order valence-electron chi connectivity index (χ4n) is 1.89. The molecule has 0 heterocycles. The highest BCUT2D eigenvalue weighted by Crippen LogP contribution is 2.41. The van der Waals surface area contributed by atoms with Gasteiger partial charge in [-0.2, -0.15) is 0 Å². The summed E-state index contributed by atoms with van der Waals surface area (Å²) >= 11 is 0. The molecule has 0 radical (unpaired) electrons. The lowest BCUT2D eigenvalue weighted by atomic mass is 10.0. The number of nitrogens with two attached hydrogens (primary N) is 1. The number of hydrogen-bond donors (Lipinski definition) is 1. The van der Waals surface area contributed by atoms with Gasteiger partial charge in [0.05, 0.1) is 13.7 Å². The molecule has 3 nitrogen and oxygen atoms in total. The molecule has 0 bridgehead atoms. The van der Waals surface area contributed by atoms with Crippen LogP contribution in [0.1, 0.15) is 31.4 Å². The predicted molar refractivity (Wildman–Crippen MR) is 63.8 cm³/mol. The minimum Gasteiger partial charge on any atom is -0.493 e. The van der Waals surface area contributed by atoms with Crippen LogP contribution >= 0.6 is 0 Å². The second-order valence-electron chi connectivity index (χ2n) is 4.21. The van der Waals surface area contributed by atoms with E-state index in [2.05, 4.69) is 0 Å². The molecule has 1 aliphatic rings. The number of ether oxygens (including phenoxy) is 2. The maximum absolute atomic E-state index is 6.15. The Labute approximate surface area is 96.5 Å². The van der Waals surface area contributed by atoms with E-state index < -0.39 is 0 Å². The quantitative estimate of drug-likeness (QED) is 0.830. The zero-order valence-corrected chi connectivity index (χ0v) is 9.90. The molecule has 1 aromatic rings. The topological polar surface area (TPSA) is 44.5 Å². The zero-order valence-electron chi connectivity index (χ0n) is 9.90. The van der Waals surface area contributed by atoms with Crippen molar-refractivity contribution in [3.05, 3.63) is 23.8 Å². The Morgan fingerprint density at radius 2 is 2.12 bits per heavy atom. The third-order valence-corrected chi connectivity index (χ3v) is 3.00. The molecule has 2 N–H and O–H groups in total. The van der Waals surface area contributed by atoms with E-state index in [0.717, 1.165) is 17.1 Å². The van der Waals surface area contributed by atoms with Gasteiger partial charge in [-0.1, -0.05) is 6.07 Å². The first-order valence-corrected chi connectivity index (χ1v) is 5.82. The van der Waals surface area contributed by atoms with Crippen LogP contribution < -0.4 is 15.2 Å². The van der Waals surface area contributed by atoms with Crippen molar-refractivity contribution in [2.75, 3.05) is 13.7 Å². The lowest BCUT2D eigenvalue weighted by molar-refractivity contribution is 0.310. The second kappa shape index (κ2) is 4.74. The van der Waals surface area contributed by atoms with Crippen LogP contribution in [-0.2, 0) is 0 Å². The van der Waals surface area contributed by atoms with Crippen molar-refractivity contribution in [3.8, 4) is 11.5 Å². The molecule has 0 amide bonds. The van der Waals surface area contributed by atoms with Crippen LogP contribution in [0.15, 0.2) is 18.2 Å². The van der Waals surface area contributed by atoms with Gasteiger partial charge in [0.25, 0.3) is 0 Å². The van der Waals surface area contributed by atoms with Crippen LogP contribution in [0.5, 0.6) is 11.5 Å². The average Bonchev–Trinajstić information content (AvgIpc) is 3.13. The molecule has 16 heavy (non-hydrogen) atoms. The molecule has 1 aliphatic carbocycles. The highest BCUT2D eigenvalue weighted by atomic mass is 16.5. The molecule has 1 atom stereocenters. The SMILES string of the molecule is CCOc1ccc([C@@H](N)C2CC2)cc1OC. The summed E-state index contributed by atoms with van der Waals surface area (Å²) in [5, 5.41) is 0. The number of methoxy groups -OCH3 is 1. The molecule has 1 saturated carbocycles. The van der Waals surface area contributed by atoms with E-state index in [1.165, 1.54) is 12.8 Å². The van der Waals surface area contributed by atoms with Crippen molar-refractivity contribution in [3.63, 3.8) is 0 Å². The van der Waals surface area contributed by atoms with Crippen molar-refractivity contribution >= 4 is 0 Å². The fourth-order valence-corrected chi connectivity index (χ4v) is 1.89. The van der Waals surface area contributed by atoms with E-state index >= 15 is 0 Å². The van der Waals surface area contributed by atoms with Gasteiger partial charge in [-0.25, -0.2) is 0 Å². The fraction of sp³-hybridized carbons (Fsp3) is 0.538. The zero-order chi connectivity index (χ0) is 11.5. The summed E-state index contributed by atoms with van der Waals surface area (Å²) in [7, 11) is 1.66. The van der Waals surface area contributed by atoms with E-state index in [1.807, 2.05) is 25.1 Å². The molecule has 0 saturated heterocycles. The van der Waals surface area contributed by atoms with Crippen molar-refractivity contribution in [2.45, 2.75) is 25.8 Å². The molecule has 2 rings (SSSR count). The van der Waals surface area contributed by atoms with Crippen molar-refractivity contribution in [1.82, 2.24) is 0 Å². The Bertz CT molecular complexity index is 361. The Balaban J connectivity index is 2.21. The van der Waals surface area contributed by atoms with Gasteiger partial charge >= 0.3 is 0 Å². The van der Waals surface area contributed by atoms with Gasteiger partial charge in [-0.3, -0.25) is 0 Å². The van der Waals surface area contributed by atoms with Gasteiger partial charge in [0.1, 0.15) is 0 Å². The predicted octanol–water partition coefficient (Wildman–Crippen LogP) is 2.50. The summed E-state index contributed by atoms with van der Waals surface area (Å²) in [4.78, 5) is 0. The first kappa shape index (κ1) is 11.3. The van der Waals surface area contributed by atoms with Crippen molar-refractivity contribution in [1.29, 1.82) is 0 Å². The Morgan fingerprint density at radius 3 is 2.69 bits per heavy atom. The Morgan fingerprint density at radius 1 is 1.38 bits per heavy atom. The summed E-state index contributed by atoms with van der Waals surface area (Å²) < 4.78 is 10.8. The van der Waals surface area contributed by atoms with Gasteiger partial charge in [0.2, 0.25) is 0 Å². The van der Waals surface area contributed by atoms with Gasteiger partial charge in [0, 0.05) is 6.04 Å². The summed E-state index contributed by atoms with van der Waals surface area (Å²) in [5.74, 6) is 2.22. The molecule has 0 unspecified atom stereocenters. The van der Waals surface area contributed by atoms with Crippen LogP contribution in [0.2, 0.25) is 0 Å². The van der Waals surface area contributed by atoms with Crippen molar-refractivity contribution in [2.24, 2.45) is 11.7 Å². The summed E-state index contributed by atoms with van der Waals surface area (Å²) in [6.07, 6.45) is 2.49. The highest BCUT2D eigenvalue weighted by Gasteiger charge is 2.29. The number of benzene rings is 1.